The van der Waals surface area contributed by atoms with Crippen LogP contribution in [-0.4, -0.2) is 45.4 Å². The molecule has 0 aliphatic carbocycles. The normalized spacial score (nSPS) is 16.5. The fraction of sp³-hybridized carbons (Fsp3) is 0.381. The summed E-state index contributed by atoms with van der Waals surface area (Å²) in [6.07, 6.45) is 1.10. The van der Waals surface area contributed by atoms with Crippen LogP contribution >= 0.6 is 0 Å². The number of hydrogen-bond acceptors (Lipinski definition) is 4. The van der Waals surface area contributed by atoms with Crippen LogP contribution in [0.3, 0.4) is 0 Å². The molecule has 0 saturated carbocycles. The van der Waals surface area contributed by atoms with Crippen LogP contribution in [0.4, 0.5) is 5.69 Å². The topological polar surface area (TPSA) is 50.8 Å². The Hall–Kier alpha value is -2.53. The lowest BCUT2D eigenvalue weighted by molar-refractivity contribution is -0.126. The SMILES string of the molecule is O=C(COCCOc1ccccc1)NC[C@H]1CCN(c2ccccc2)C1. The number of benzene rings is 2. The fourth-order valence-electron chi connectivity index (χ4n) is 3.08. The summed E-state index contributed by atoms with van der Waals surface area (Å²) in [7, 11) is 0. The van der Waals surface area contributed by atoms with Gasteiger partial charge in [0, 0.05) is 25.3 Å². The number of hydrogen-bond donors (Lipinski definition) is 1. The molecule has 138 valence electrons. The van der Waals surface area contributed by atoms with Crippen molar-refractivity contribution in [3.63, 3.8) is 0 Å². The first kappa shape index (κ1) is 18.3. The van der Waals surface area contributed by atoms with E-state index in [4.69, 9.17) is 9.47 Å². The lowest BCUT2D eigenvalue weighted by Gasteiger charge is -2.18. The van der Waals surface area contributed by atoms with Crippen LogP contribution < -0.4 is 15.0 Å². The lowest BCUT2D eigenvalue weighted by Crippen LogP contribution is -2.33. The van der Waals surface area contributed by atoms with Crippen molar-refractivity contribution in [2.45, 2.75) is 6.42 Å². The van der Waals surface area contributed by atoms with Crippen LogP contribution in [0.15, 0.2) is 60.7 Å². The average molecular weight is 354 g/mol. The van der Waals surface area contributed by atoms with E-state index in [0.29, 0.717) is 25.7 Å². The van der Waals surface area contributed by atoms with Crippen molar-refractivity contribution in [2.75, 3.05) is 44.4 Å². The number of carbonyl (C=O) groups is 1. The second kappa shape index (κ2) is 9.82. The number of ether oxygens (including phenoxy) is 2. The molecule has 5 nitrogen and oxygen atoms in total. The second-order valence-corrected chi connectivity index (χ2v) is 6.45. The molecule has 1 fully saturated rings. The first-order chi connectivity index (χ1) is 12.8. The molecule has 5 heteroatoms. The molecule has 3 rings (SSSR count). The molecule has 1 atom stereocenters. The van der Waals surface area contributed by atoms with Gasteiger partial charge >= 0.3 is 0 Å². The van der Waals surface area contributed by atoms with Gasteiger partial charge in [0.15, 0.2) is 0 Å². The number of anilines is 1. The molecule has 1 amide bonds. The maximum absolute atomic E-state index is 11.9. The van der Waals surface area contributed by atoms with Crippen molar-refractivity contribution < 1.29 is 14.3 Å². The fourth-order valence-corrected chi connectivity index (χ4v) is 3.08. The van der Waals surface area contributed by atoms with Gasteiger partial charge in [0.25, 0.3) is 0 Å². The molecule has 0 unspecified atom stereocenters. The third-order valence-electron chi connectivity index (χ3n) is 4.47. The Bertz CT molecular complexity index is 663. The molecule has 2 aromatic carbocycles. The minimum absolute atomic E-state index is 0.0668. The molecule has 1 aliphatic rings. The third kappa shape index (κ3) is 5.77. The molecule has 26 heavy (non-hydrogen) atoms. The summed E-state index contributed by atoms with van der Waals surface area (Å²) >= 11 is 0. The number of nitrogens with zero attached hydrogens (tertiary/aromatic N) is 1. The molecule has 1 saturated heterocycles. The molecule has 0 spiro atoms. The van der Waals surface area contributed by atoms with Crippen molar-refractivity contribution in [1.29, 1.82) is 0 Å². The van der Waals surface area contributed by atoms with E-state index in [2.05, 4.69) is 34.5 Å². The first-order valence-corrected chi connectivity index (χ1v) is 9.13. The zero-order chi connectivity index (χ0) is 18.0. The standard InChI is InChI=1S/C21H26N2O3/c24-21(17-25-13-14-26-20-9-5-2-6-10-20)22-15-18-11-12-23(16-18)19-7-3-1-4-8-19/h1-10,18H,11-17H2,(H,22,24)/t18-/m1/s1. The summed E-state index contributed by atoms with van der Waals surface area (Å²) in [6.45, 7) is 3.63. The molecule has 1 heterocycles. The quantitative estimate of drug-likeness (QED) is 0.704. The number of rotatable bonds is 9. The Labute approximate surface area is 154 Å². The van der Waals surface area contributed by atoms with Crippen molar-refractivity contribution in [2.24, 2.45) is 5.92 Å². The number of nitrogens with one attached hydrogen (secondary N) is 1. The number of carbonyl (C=O) groups excluding carboxylic acids is 1. The Balaban J connectivity index is 1.25. The minimum Gasteiger partial charge on any atom is -0.491 e. The predicted octanol–water partition coefficient (Wildman–Crippen LogP) is 2.72. The van der Waals surface area contributed by atoms with Gasteiger partial charge in [-0.3, -0.25) is 4.79 Å². The van der Waals surface area contributed by atoms with Gasteiger partial charge < -0.3 is 19.7 Å². The zero-order valence-electron chi connectivity index (χ0n) is 15.0. The van der Waals surface area contributed by atoms with E-state index < -0.39 is 0 Å². The summed E-state index contributed by atoms with van der Waals surface area (Å²) in [4.78, 5) is 14.3. The molecule has 0 bridgehead atoms. The maximum Gasteiger partial charge on any atom is 0.246 e. The highest BCUT2D eigenvalue weighted by Gasteiger charge is 2.22. The highest BCUT2D eigenvalue weighted by molar-refractivity contribution is 5.77. The van der Waals surface area contributed by atoms with Crippen LogP contribution in [0, 0.1) is 5.92 Å². The summed E-state index contributed by atoms with van der Waals surface area (Å²) in [5.41, 5.74) is 1.25. The highest BCUT2D eigenvalue weighted by atomic mass is 16.5. The third-order valence-corrected chi connectivity index (χ3v) is 4.47. The summed E-state index contributed by atoms with van der Waals surface area (Å²) in [6, 6.07) is 20.0. The first-order valence-electron chi connectivity index (χ1n) is 9.13. The monoisotopic (exact) mass is 354 g/mol. The van der Waals surface area contributed by atoms with Gasteiger partial charge in [0.2, 0.25) is 5.91 Å². The van der Waals surface area contributed by atoms with E-state index in [1.807, 2.05) is 36.4 Å². The summed E-state index contributed by atoms with van der Waals surface area (Å²) < 4.78 is 10.9. The molecule has 0 aromatic heterocycles. The predicted molar refractivity (Wildman–Crippen MR) is 103 cm³/mol. The molecule has 2 aromatic rings. The van der Waals surface area contributed by atoms with Gasteiger partial charge in [-0.1, -0.05) is 36.4 Å². The van der Waals surface area contributed by atoms with E-state index in [-0.39, 0.29) is 12.5 Å². The Morgan fingerprint density at radius 1 is 1.04 bits per heavy atom. The Morgan fingerprint density at radius 3 is 2.54 bits per heavy atom. The van der Waals surface area contributed by atoms with E-state index in [0.717, 1.165) is 25.3 Å². The second-order valence-electron chi connectivity index (χ2n) is 6.45. The van der Waals surface area contributed by atoms with Crippen molar-refractivity contribution in [3.8, 4) is 5.75 Å². The van der Waals surface area contributed by atoms with Crippen molar-refractivity contribution in [1.82, 2.24) is 5.32 Å². The summed E-state index contributed by atoms with van der Waals surface area (Å²) in [5, 5.41) is 2.97. The van der Waals surface area contributed by atoms with Crippen LogP contribution in [0.1, 0.15) is 6.42 Å². The molecule has 1 aliphatic heterocycles. The van der Waals surface area contributed by atoms with Crippen LogP contribution in [0.2, 0.25) is 0 Å². The smallest absolute Gasteiger partial charge is 0.246 e. The molecular weight excluding hydrogens is 328 g/mol. The highest BCUT2D eigenvalue weighted by Crippen LogP contribution is 2.22. The summed E-state index contributed by atoms with van der Waals surface area (Å²) in [5.74, 6) is 1.23. The minimum atomic E-state index is -0.0668. The van der Waals surface area contributed by atoms with E-state index >= 15 is 0 Å². The largest absolute Gasteiger partial charge is 0.491 e. The molecule has 1 N–H and O–H groups in total. The number of amides is 1. The van der Waals surface area contributed by atoms with E-state index in [9.17, 15) is 4.79 Å². The van der Waals surface area contributed by atoms with E-state index in [1.165, 1.54) is 5.69 Å². The van der Waals surface area contributed by atoms with Gasteiger partial charge in [-0.15, -0.1) is 0 Å². The zero-order valence-corrected chi connectivity index (χ0v) is 15.0. The van der Waals surface area contributed by atoms with Crippen LogP contribution in [0.5, 0.6) is 5.75 Å². The number of para-hydroxylation sites is 2. The van der Waals surface area contributed by atoms with Crippen molar-refractivity contribution >= 4 is 11.6 Å². The van der Waals surface area contributed by atoms with Gasteiger partial charge in [0.05, 0.1) is 6.61 Å². The molecule has 0 radical (unpaired) electrons. The Morgan fingerprint density at radius 2 is 1.77 bits per heavy atom. The van der Waals surface area contributed by atoms with Gasteiger partial charge in [-0.05, 0) is 36.6 Å². The Kier molecular flexibility index (Phi) is 6.90. The van der Waals surface area contributed by atoms with Crippen LogP contribution in [0.25, 0.3) is 0 Å². The lowest BCUT2D eigenvalue weighted by atomic mass is 10.1. The van der Waals surface area contributed by atoms with Gasteiger partial charge in [0.1, 0.15) is 19.0 Å². The van der Waals surface area contributed by atoms with Crippen molar-refractivity contribution in [3.05, 3.63) is 60.7 Å². The maximum atomic E-state index is 11.9. The average Bonchev–Trinajstić information content (AvgIpc) is 3.17. The van der Waals surface area contributed by atoms with Gasteiger partial charge in [-0.25, -0.2) is 0 Å². The van der Waals surface area contributed by atoms with Gasteiger partial charge in [-0.2, -0.15) is 0 Å². The van der Waals surface area contributed by atoms with E-state index in [1.54, 1.807) is 0 Å². The molecular formula is C21H26N2O3. The van der Waals surface area contributed by atoms with Crippen LogP contribution in [-0.2, 0) is 9.53 Å².